The van der Waals surface area contributed by atoms with Gasteiger partial charge in [0.15, 0.2) is 0 Å². The highest BCUT2D eigenvalue weighted by Gasteiger charge is 2.09. The van der Waals surface area contributed by atoms with Gasteiger partial charge < -0.3 is 15.2 Å². The average Bonchev–Trinajstić information content (AvgIpc) is 3.02. The van der Waals surface area contributed by atoms with Crippen LogP contribution >= 0.6 is 0 Å². The van der Waals surface area contributed by atoms with Crippen LogP contribution in [0, 0.1) is 10.1 Å². The Labute approximate surface area is 133 Å². The first-order valence-corrected chi connectivity index (χ1v) is 7.27. The molecule has 1 aromatic carbocycles. The maximum Gasteiger partial charge on any atom is 0.271 e. The van der Waals surface area contributed by atoms with E-state index in [-0.39, 0.29) is 17.6 Å². The lowest BCUT2D eigenvalue weighted by molar-refractivity contribution is -0.384. The number of amides is 1. The number of carbonyl (C=O) groups is 1. The fourth-order valence-electron chi connectivity index (χ4n) is 1.91. The van der Waals surface area contributed by atoms with Crippen LogP contribution in [0.2, 0.25) is 0 Å². The fourth-order valence-corrected chi connectivity index (χ4v) is 1.91. The van der Waals surface area contributed by atoms with E-state index >= 15 is 0 Å². The van der Waals surface area contributed by atoms with E-state index in [4.69, 9.17) is 0 Å². The number of anilines is 1. The summed E-state index contributed by atoms with van der Waals surface area (Å²) < 4.78 is 1.87. The molecular weight excluding hydrogens is 298 g/mol. The standard InChI is InChI=1S/C15H19N5O3/c1-11(2)19-9-14(18-10-19)15(21)17-8-7-16-12-3-5-13(6-4-12)20(22)23/h3-6,9-11,16H,7-8H2,1-2H3,(H,17,21). The molecule has 1 amide bonds. The van der Waals surface area contributed by atoms with E-state index in [1.165, 1.54) is 12.1 Å². The van der Waals surface area contributed by atoms with Gasteiger partial charge in [0.1, 0.15) is 5.69 Å². The summed E-state index contributed by atoms with van der Waals surface area (Å²) in [6, 6.07) is 6.38. The molecule has 0 aliphatic rings. The van der Waals surface area contributed by atoms with Crippen molar-refractivity contribution in [1.82, 2.24) is 14.9 Å². The summed E-state index contributed by atoms with van der Waals surface area (Å²) in [5.74, 6) is -0.227. The lowest BCUT2D eigenvalue weighted by atomic mass is 10.3. The minimum Gasteiger partial charge on any atom is -0.383 e. The molecule has 0 radical (unpaired) electrons. The van der Waals surface area contributed by atoms with Crippen molar-refractivity contribution in [2.45, 2.75) is 19.9 Å². The highest BCUT2D eigenvalue weighted by Crippen LogP contribution is 2.14. The number of nitrogens with zero attached hydrogens (tertiary/aromatic N) is 3. The van der Waals surface area contributed by atoms with Gasteiger partial charge in [-0.05, 0) is 26.0 Å². The van der Waals surface area contributed by atoms with Crippen molar-refractivity contribution in [2.24, 2.45) is 0 Å². The van der Waals surface area contributed by atoms with Gasteiger partial charge >= 0.3 is 0 Å². The van der Waals surface area contributed by atoms with Crippen LogP contribution in [0.5, 0.6) is 0 Å². The van der Waals surface area contributed by atoms with Crippen molar-refractivity contribution >= 4 is 17.3 Å². The summed E-state index contributed by atoms with van der Waals surface area (Å²) in [6.07, 6.45) is 3.35. The zero-order chi connectivity index (χ0) is 16.8. The molecule has 122 valence electrons. The first-order chi connectivity index (χ1) is 11.0. The van der Waals surface area contributed by atoms with Crippen molar-refractivity contribution in [3.05, 3.63) is 52.6 Å². The molecule has 0 unspecified atom stereocenters. The number of benzene rings is 1. The first-order valence-electron chi connectivity index (χ1n) is 7.27. The molecule has 0 fully saturated rings. The monoisotopic (exact) mass is 317 g/mol. The molecule has 0 aliphatic carbocycles. The Balaban J connectivity index is 1.76. The highest BCUT2D eigenvalue weighted by atomic mass is 16.6. The number of non-ortho nitro benzene ring substituents is 1. The zero-order valence-corrected chi connectivity index (χ0v) is 13.0. The third-order valence-electron chi connectivity index (χ3n) is 3.25. The molecular formula is C15H19N5O3. The quantitative estimate of drug-likeness (QED) is 0.463. The van der Waals surface area contributed by atoms with Crippen LogP contribution < -0.4 is 10.6 Å². The van der Waals surface area contributed by atoms with Crippen LogP contribution in [0.15, 0.2) is 36.8 Å². The van der Waals surface area contributed by atoms with Crippen LogP contribution in [0.4, 0.5) is 11.4 Å². The van der Waals surface area contributed by atoms with Crippen molar-refractivity contribution in [1.29, 1.82) is 0 Å². The molecule has 8 heteroatoms. The molecule has 0 atom stereocenters. The Morgan fingerprint density at radius 1 is 1.30 bits per heavy atom. The van der Waals surface area contributed by atoms with Gasteiger partial charge in [0.05, 0.1) is 11.3 Å². The Kier molecular flexibility index (Phi) is 5.29. The van der Waals surface area contributed by atoms with E-state index in [1.54, 1.807) is 24.7 Å². The molecule has 0 bridgehead atoms. The molecule has 0 aliphatic heterocycles. The number of hydrogen-bond donors (Lipinski definition) is 2. The Morgan fingerprint density at radius 2 is 2.00 bits per heavy atom. The van der Waals surface area contributed by atoms with Crippen LogP contribution in [0.25, 0.3) is 0 Å². The third kappa shape index (κ3) is 4.53. The summed E-state index contributed by atoms with van der Waals surface area (Å²) in [5, 5.41) is 16.4. The Hall–Kier alpha value is -2.90. The molecule has 1 aromatic heterocycles. The van der Waals surface area contributed by atoms with Crippen LogP contribution in [-0.4, -0.2) is 33.5 Å². The third-order valence-corrected chi connectivity index (χ3v) is 3.25. The molecule has 2 aromatic rings. The van der Waals surface area contributed by atoms with Crippen molar-refractivity contribution in [3.8, 4) is 0 Å². The summed E-state index contributed by atoms with van der Waals surface area (Å²) in [5.41, 5.74) is 1.19. The minimum atomic E-state index is -0.444. The normalized spacial score (nSPS) is 10.6. The molecule has 0 spiro atoms. The molecule has 2 rings (SSSR count). The summed E-state index contributed by atoms with van der Waals surface area (Å²) in [6.45, 7) is 4.95. The van der Waals surface area contributed by atoms with E-state index in [0.29, 0.717) is 18.8 Å². The SMILES string of the molecule is CC(C)n1cnc(C(=O)NCCNc2ccc([N+](=O)[O-])cc2)c1. The largest absolute Gasteiger partial charge is 0.383 e. The highest BCUT2D eigenvalue weighted by molar-refractivity contribution is 5.92. The Morgan fingerprint density at radius 3 is 2.57 bits per heavy atom. The predicted molar refractivity (Wildman–Crippen MR) is 86.5 cm³/mol. The number of rotatable bonds is 7. The maximum atomic E-state index is 11.9. The van der Waals surface area contributed by atoms with E-state index in [2.05, 4.69) is 15.6 Å². The van der Waals surface area contributed by atoms with Gasteiger partial charge in [0.25, 0.3) is 11.6 Å². The summed E-state index contributed by atoms with van der Waals surface area (Å²) in [7, 11) is 0. The summed E-state index contributed by atoms with van der Waals surface area (Å²) >= 11 is 0. The number of aromatic nitrogens is 2. The Bertz CT molecular complexity index is 679. The summed E-state index contributed by atoms with van der Waals surface area (Å²) in [4.78, 5) is 26.1. The van der Waals surface area contributed by atoms with Gasteiger partial charge in [-0.1, -0.05) is 0 Å². The van der Waals surface area contributed by atoms with Gasteiger partial charge in [-0.15, -0.1) is 0 Å². The lowest BCUT2D eigenvalue weighted by Gasteiger charge is -2.07. The van der Waals surface area contributed by atoms with E-state index in [1.807, 2.05) is 18.4 Å². The van der Waals surface area contributed by atoms with E-state index < -0.39 is 4.92 Å². The number of imidazole rings is 1. The van der Waals surface area contributed by atoms with E-state index in [9.17, 15) is 14.9 Å². The first kappa shape index (κ1) is 16.5. The van der Waals surface area contributed by atoms with Crippen molar-refractivity contribution in [3.63, 3.8) is 0 Å². The average molecular weight is 317 g/mol. The molecule has 8 nitrogen and oxygen atoms in total. The topological polar surface area (TPSA) is 102 Å². The second kappa shape index (κ2) is 7.39. The van der Waals surface area contributed by atoms with Crippen LogP contribution in [-0.2, 0) is 0 Å². The lowest BCUT2D eigenvalue weighted by Crippen LogP contribution is -2.29. The van der Waals surface area contributed by atoms with Crippen molar-refractivity contribution in [2.75, 3.05) is 18.4 Å². The predicted octanol–water partition coefficient (Wildman–Crippen LogP) is 2.21. The van der Waals surface area contributed by atoms with Gasteiger partial charge in [-0.2, -0.15) is 0 Å². The molecule has 0 saturated heterocycles. The number of nitro benzene ring substituents is 1. The van der Waals surface area contributed by atoms with Crippen LogP contribution in [0.3, 0.4) is 0 Å². The molecule has 2 N–H and O–H groups in total. The zero-order valence-electron chi connectivity index (χ0n) is 13.0. The minimum absolute atomic E-state index is 0.0459. The molecule has 0 saturated carbocycles. The second-order valence-electron chi connectivity index (χ2n) is 5.29. The smallest absolute Gasteiger partial charge is 0.271 e. The van der Waals surface area contributed by atoms with Gasteiger partial charge in [0.2, 0.25) is 0 Å². The van der Waals surface area contributed by atoms with E-state index in [0.717, 1.165) is 5.69 Å². The van der Waals surface area contributed by atoms with Gasteiger partial charge in [-0.3, -0.25) is 14.9 Å². The van der Waals surface area contributed by atoms with Gasteiger partial charge in [-0.25, -0.2) is 4.98 Å². The number of nitrogens with one attached hydrogen (secondary N) is 2. The van der Waals surface area contributed by atoms with Crippen molar-refractivity contribution < 1.29 is 9.72 Å². The van der Waals surface area contributed by atoms with Crippen LogP contribution in [0.1, 0.15) is 30.4 Å². The maximum absolute atomic E-state index is 11.9. The van der Waals surface area contributed by atoms with Gasteiger partial charge in [0, 0.05) is 43.1 Å². The number of nitro groups is 1. The number of carbonyl (C=O) groups excluding carboxylic acids is 1. The fraction of sp³-hybridized carbons (Fsp3) is 0.333. The second-order valence-corrected chi connectivity index (χ2v) is 5.29. The number of hydrogen-bond acceptors (Lipinski definition) is 5. The molecule has 1 heterocycles. The molecule has 23 heavy (non-hydrogen) atoms.